The molecule has 0 aromatic heterocycles. The zero-order chi connectivity index (χ0) is 30.8. The van der Waals surface area contributed by atoms with E-state index in [1.807, 2.05) is 0 Å². The molecule has 0 radical (unpaired) electrons. The Morgan fingerprint density at radius 1 is 0.429 bits per heavy atom. The molecule has 0 heterocycles. The first-order valence-corrected chi connectivity index (χ1v) is 19.0. The number of esters is 1. The molecule has 0 amide bonds. The molecule has 42 heavy (non-hydrogen) atoms. The summed E-state index contributed by atoms with van der Waals surface area (Å²) in [6.45, 7) is 4.56. The van der Waals surface area contributed by atoms with Crippen molar-refractivity contribution in [2.45, 2.75) is 232 Å². The van der Waals surface area contributed by atoms with Crippen LogP contribution in [-0.2, 0) is 14.3 Å². The molecule has 1 atom stereocenters. The van der Waals surface area contributed by atoms with Gasteiger partial charge in [-0.3, -0.25) is 9.59 Å². The lowest BCUT2D eigenvalue weighted by Crippen LogP contribution is -2.19. The van der Waals surface area contributed by atoms with E-state index in [0.717, 1.165) is 25.7 Å². The maximum Gasteiger partial charge on any atom is 0.306 e. The molecular weight excluding hydrogens is 520 g/mol. The van der Waals surface area contributed by atoms with Gasteiger partial charge in [-0.05, 0) is 25.7 Å². The Balaban J connectivity index is 3.83. The van der Waals surface area contributed by atoms with Crippen LogP contribution >= 0.6 is 0 Å². The Kier molecular flexibility index (Phi) is 33.6. The van der Waals surface area contributed by atoms with Crippen molar-refractivity contribution in [2.75, 3.05) is 0 Å². The topological polar surface area (TPSA) is 63.6 Å². The quantitative estimate of drug-likeness (QED) is 0.0585. The molecule has 0 fully saturated rings. The predicted molar refractivity (Wildman–Crippen MR) is 181 cm³/mol. The van der Waals surface area contributed by atoms with E-state index >= 15 is 0 Å². The largest absolute Gasteiger partial charge is 0.481 e. The lowest BCUT2D eigenvalue weighted by atomic mass is 10.0. The number of carbonyl (C=O) groups excluding carboxylic acids is 1. The van der Waals surface area contributed by atoms with Crippen LogP contribution in [0.15, 0.2) is 0 Å². The van der Waals surface area contributed by atoms with Gasteiger partial charge in [0.05, 0.1) is 12.8 Å². The van der Waals surface area contributed by atoms with Crippen LogP contribution < -0.4 is 0 Å². The van der Waals surface area contributed by atoms with Crippen molar-refractivity contribution in [2.24, 2.45) is 0 Å². The van der Waals surface area contributed by atoms with Crippen molar-refractivity contribution in [1.29, 1.82) is 0 Å². The lowest BCUT2D eigenvalue weighted by molar-refractivity contribution is -0.152. The van der Waals surface area contributed by atoms with Gasteiger partial charge in [0.15, 0.2) is 0 Å². The minimum Gasteiger partial charge on any atom is -0.481 e. The fourth-order valence-corrected chi connectivity index (χ4v) is 6.03. The lowest BCUT2D eigenvalue weighted by Gasteiger charge is -2.18. The zero-order valence-corrected chi connectivity index (χ0v) is 28.6. The van der Waals surface area contributed by atoms with Crippen molar-refractivity contribution < 1.29 is 19.4 Å². The fourth-order valence-electron chi connectivity index (χ4n) is 6.03. The summed E-state index contributed by atoms with van der Waals surface area (Å²) < 4.78 is 5.73. The second-order valence-electron chi connectivity index (χ2n) is 13.1. The summed E-state index contributed by atoms with van der Waals surface area (Å²) in [4.78, 5) is 23.0. The standard InChI is InChI=1S/C38H74O4/c1-3-5-7-9-11-13-15-17-18-19-21-23-25-27-29-31-33-36(42-38(41)35-34-37(39)40)32-30-28-26-24-22-20-16-14-12-10-8-6-4-2/h36H,3-35H2,1-2H3,(H,39,40). The van der Waals surface area contributed by atoms with Gasteiger partial charge in [-0.2, -0.15) is 0 Å². The Labute approximate surface area is 262 Å². The van der Waals surface area contributed by atoms with Crippen LogP contribution in [0.25, 0.3) is 0 Å². The average Bonchev–Trinajstić information content (AvgIpc) is 2.98. The van der Waals surface area contributed by atoms with E-state index in [-0.39, 0.29) is 24.9 Å². The number of hydrogen-bond acceptors (Lipinski definition) is 3. The van der Waals surface area contributed by atoms with Crippen molar-refractivity contribution >= 4 is 11.9 Å². The third kappa shape index (κ3) is 33.4. The maximum absolute atomic E-state index is 12.2. The first kappa shape index (κ1) is 40.9. The van der Waals surface area contributed by atoms with Crippen LogP contribution in [0, 0.1) is 0 Å². The maximum atomic E-state index is 12.2. The monoisotopic (exact) mass is 595 g/mol. The number of unbranched alkanes of at least 4 members (excludes halogenated alkanes) is 27. The number of hydrogen-bond donors (Lipinski definition) is 1. The van der Waals surface area contributed by atoms with Gasteiger partial charge in [0.2, 0.25) is 0 Å². The minimum absolute atomic E-state index is 0.0105. The summed E-state index contributed by atoms with van der Waals surface area (Å²) in [5.41, 5.74) is 0. The van der Waals surface area contributed by atoms with Crippen molar-refractivity contribution in [3.63, 3.8) is 0 Å². The molecule has 1 unspecified atom stereocenters. The van der Waals surface area contributed by atoms with E-state index < -0.39 is 5.97 Å². The SMILES string of the molecule is CCCCCCCCCCCCCCCCCCC(CCCCCCCCCCCCCCC)OC(=O)CCC(=O)O. The first-order chi connectivity index (χ1) is 20.6. The van der Waals surface area contributed by atoms with Gasteiger partial charge in [-0.1, -0.05) is 187 Å². The van der Waals surface area contributed by atoms with Crippen LogP contribution in [-0.4, -0.2) is 23.1 Å². The summed E-state index contributed by atoms with van der Waals surface area (Å²) in [6.07, 6.45) is 40.8. The Hall–Kier alpha value is -1.06. The molecular formula is C38H74O4. The summed E-state index contributed by atoms with van der Waals surface area (Å²) >= 11 is 0. The highest BCUT2D eigenvalue weighted by atomic mass is 16.5. The molecule has 0 aromatic rings. The third-order valence-electron chi connectivity index (χ3n) is 8.85. The summed E-state index contributed by atoms with van der Waals surface area (Å²) in [5.74, 6) is -1.27. The van der Waals surface area contributed by atoms with Crippen molar-refractivity contribution in [3.05, 3.63) is 0 Å². The fraction of sp³-hybridized carbons (Fsp3) is 0.947. The first-order valence-electron chi connectivity index (χ1n) is 19.0. The zero-order valence-electron chi connectivity index (χ0n) is 28.6. The molecule has 250 valence electrons. The number of carboxylic acid groups (broad SMARTS) is 1. The van der Waals surface area contributed by atoms with Crippen molar-refractivity contribution in [1.82, 2.24) is 0 Å². The average molecular weight is 595 g/mol. The second kappa shape index (κ2) is 34.4. The highest BCUT2D eigenvalue weighted by Gasteiger charge is 2.15. The number of carboxylic acids is 1. The number of rotatable bonds is 35. The Morgan fingerprint density at radius 2 is 0.690 bits per heavy atom. The second-order valence-corrected chi connectivity index (χ2v) is 13.1. The molecule has 0 aromatic carbocycles. The van der Waals surface area contributed by atoms with Gasteiger partial charge in [-0.15, -0.1) is 0 Å². The molecule has 0 saturated heterocycles. The molecule has 1 N–H and O–H groups in total. The minimum atomic E-state index is -0.933. The van der Waals surface area contributed by atoms with Gasteiger partial charge in [0.25, 0.3) is 0 Å². The van der Waals surface area contributed by atoms with Crippen LogP contribution in [0.4, 0.5) is 0 Å². The van der Waals surface area contributed by atoms with Gasteiger partial charge < -0.3 is 9.84 Å². The van der Waals surface area contributed by atoms with Gasteiger partial charge >= 0.3 is 11.9 Å². The molecule has 0 spiro atoms. The number of carbonyl (C=O) groups is 2. The van der Waals surface area contributed by atoms with Crippen LogP contribution in [0.3, 0.4) is 0 Å². The molecule has 0 bridgehead atoms. The highest BCUT2D eigenvalue weighted by molar-refractivity contribution is 5.76. The van der Waals surface area contributed by atoms with E-state index in [0.29, 0.717) is 0 Å². The van der Waals surface area contributed by atoms with Gasteiger partial charge in [0.1, 0.15) is 6.10 Å². The summed E-state index contributed by atoms with van der Waals surface area (Å²) in [7, 11) is 0. The molecule has 0 aliphatic rings. The number of aliphatic carboxylic acids is 1. The normalized spacial score (nSPS) is 12.0. The highest BCUT2D eigenvalue weighted by Crippen LogP contribution is 2.19. The molecule has 4 nitrogen and oxygen atoms in total. The van der Waals surface area contributed by atoms with E-state index in [2.05, 4.69) is 13.8 Å². The van der Waals surface area contributed by atoms with E-state index in [9.17, 15) is 9.59 Å². The molecule has 4 heteroatoms. The van der Waals surface area contributed by atoms with Crippen LogP contribution in [0.2, 0.25) is 0 Å². The third-order valence-corrected chi connectivity index (χ3v) is 8.85. The van der Waals surface area contributed by atoms with Crippen molar-refractivity contribution in [3.8, 4) is 0 Å². The number of ether oxygens (including phenoxy) is 1. The Bertz CT molecular complexity index is 561. The molecule has 0 aliphatic heterocycles. The predicted octanol–water partition coefficient (Wildman–Crippen LogP) is 12.9. The van der Waals surface area contributed by atoms with E-state index in [1.54, 1.807) is 0 Å². The van der Waals surface area contributed by atoms with Gasteiger partial charge in [0, 0.05) is 0 Å². The molecule has 0 aliphatic carbocycles. The van der Waals surface area contributed by atoms with E-state index in [1.165, 1.54) is 173 Å². The molecule has 0 rings (SSSR count). The summed E-state index contributed by atoms with van der Waals surface area (Å²) in [6, 6.07) is 0. The Morgan fingerprint density at radius 3 is 0.952 bits per heavy atom. The summed E-state index contributed by atoms with van der Waals surface area (Å²) in [5, 5.41) is 8.88. The van der Waals surface area contributed by atoms with Crippen LogP contribution in [0.5, 0.6) is 0 Å². The van der Waals surface area contributed by atoms with Crippen LogP contribution in [0.1, 0.15) is 226 Å². The smallest absolute Gasteiger partial charge is 0.306 e. The van der Waals surface area contributed by atoms with Gasteiger partial charge in [-0.25, -0.2) is 0 Å². The molecule has 0 saturated carbocycles. The van der Waals surface area contributed by atoms with E-state index in [4.69, 9.17) is 9.84 Å².